The first-order valence-corrected chi connectivity index (χ1v) is 6.82. The van der Waals surface area contributed by atoms with Crippen LogP contribution in [0.2, 0.25) is 0 Å². The predicted octanol–water partition coefficient (Wildman–Crippen LogP) is 3.13. The molecule has 18 heavy (non-hydrogen) atoms. The maximum Gasteiger partial charge on any atom is 0.115 e. The molecule has 2 rings (SSSR count). The summed E-state index contributed by atoms with van der Waals surface area (Å²) < 4.78 is 1.11. The van der Waals surface area contributed by atoms with Crippen LogP contribution in [0.1, 0.15) is 24.2 Å². The SMILES string of the molecule is CCNC(Cc1cccc(Br)c1)c1ccncn1. The van der Waals surface area contributed by atoms with E-state index in [4.69, 9.17) is 0 Å². The van der Waals surface area contributed by atoms with E-state index in [1.54, 1.807) is 12.5 Å². The van der Waals surface area contributed by atoms with Crippen LogP contribution in [-0.4, -0.2) is 16.5 Å². The highest BCUT2D eigenvalue weighted by molar-refractivity contribution is 9.10. The van der Waals surface area contributed by atoms with Crippen molar-refractivity contribution in [1.82, 2.24) is 15.3 Å². The minimum absolute atomic E-state index is 0.229. The zero-order valence-electron chi connectivity index (χ0n) is 10.3. The van der Waals surface area contributed by atoms with E-state index < -0.39 is 0 Å². The molecule has 0 saturated heterocycles. The lowest BCUT2D eigenvalue weighted by molar-refractivity contribution is 0.535. The summed E-state index contributed by atoms with van der Waals surface area (Å²) >= 11 is 3.50. The molecule has 1 unspecified atom stereocenters. The summed E-state index contributed by atoms with van der Waals surface area (Å²) in [4.78, 5) is 8.29. The van der Waals surface area contributed by atoms with Gasteiger partial charge < -0.3 is 5.32 Å². The molecule has 1 atom stereocenters. The smallest absolute Gasteiger partial charge is 0.115 e. The van der Waals surface area contributed by atoms with E-state index in [0.717, 1.165) is 23.1 Å². The van der Waals surface area contributed by atoms with Crippen LogP contribution >= 0.6 is 15.9 Å². The maximum absolute atomic E-state index is 4.33. The van der Waals surface area contributed by atoms with Crippen molar-refractivity contribution in [2.24, 2.45) is 0 Å². The Labute approximate surface area is 116 Å². The van der Waals surface area contributed by atoms with E-state index in [0.29, 0.717) is 0 Å². The lowest BCUT2D eigenvalue weighted by atomic mass is 10.0. The fourth-order valence-electron chi connectivity index (χ4n) is 1.93. The maximum atomic E-state index is 4.33. The molecule has 0 amide bonds. The lowest BCUT2D eigenvalue weighted by Gasteiger charge is -2.17. The molecule has 1 aromatic heterocycles. The minimum Gasteiger partial charge on any atom is -0.309 e. The van der Waals surface area contributed by atoms with Gasteiger partial charge in [0.15, 0.2) is 0 Å². The first-order valence-electron chi connectivity index (χ1n) is 6.03. The van der Waals surface area contributed by atoms with Gasteiger partial charge in [-0.15, -0.1) is 0 Å². The first-order chi connectivity index (χ1) is 8.79. The number of aromatic nitrogens is 2. The normalized spacial score (nSPS) is 12.3. The van der Waals surface area contributed by atoms with Crippen molar-refractivity contribution in [2.75, 3.05) is 6.54 Å². The lowest BCUT2D eigenvalue weighted by Crippen LogP contribution is -2.23. The number of nitrogens with zero attached hydrogens (tertiary/aromatic N) is 2. The number of rotatable bonds is 5. The van der Waals surface area contributed by atoms with Crippen molar-refractivity contribution >= 4 is 15.9 Å². The third-order valence-electron chi connectivity index (χ3n) is 2.74. The number of hydrogen-bond donors (Lipinski definition) is 1. The van der Waals surface area contributed by atoms with Gasteiger partial charge in [-0.05, 0) is 36.7 Å². The molecule has 0 saturated carbocycles. The fraction of sp³-hybridized carbons (Fsp3) is 0.286. The highest BCUT2D eigenvalue weighted by atomic mass is 79.9. The monoisotopic (exact) mass is 305 g/mol. The number of likely N-dealkylation sites (N-methyl/N-ethyl adjacent to an activating group) is 1. The Morgan fingerprint density at radius 2 is 2.22 bits per heavy atom. The van der Waals surface area contributed by atoms with Gasteiger partial charge in [-0.1, -0.05) is 35.0 Å². The van der Waals surface area contributed by atoms with Crippen LogP contribution in [0.4, 0.5) is 0 Å². The molecule has 0 spiro atoms. The Kier molecular flexibility index (Phi) is 4.84. The molecule has 0 fully saturated rings. The standard InChI is InChI=1S/C14H16BrN3/c1-2-17-14(13-6-7-16-10-18-13)9-11-4-3-5-12(15)8-11/h3-8,10,14,17H,2,9H2,1H3. The predicted molar refractivity (Wildman–Crippen MR) is 76.3 cm³/mol. The van der Waals surface area contributed by atoms with E-state index in [1.807, 2.05) is 12.1 Å². The number of benzene rings is 1. The second kappa shape index (κ2) is 6.61. The van der Waals surface area contributed by atoms with Gasteiger partial charge in [0, 0.05) is 10.7 Å². The van der Waals surface area contributed by atoms with Crippen LogP contribution in [0, 0.1) is 0 Å². The van der Waals surface area contributed by atoms with Gasteiger partial charge in [-0.25, -0.2) is 9.97 Å². The third kappa shape index (κ3) is 3.62. The second-order valence-electron chi connectivity index (χ2n) is 4.08. The molecule has 0 aliphatic rings. The molecule has 0 radical (unpaired) electrons. The van der Waals surface area contributed by atoms with E-state index in [9.17, 15) is 0 Å². The molecule has 1 N–H and O–H groups in total. The van der Waals surface area contributed by atoms with Crippen molar-refractivity contribution in [3.63, 3.8) is 0 Å². The van der Waals surface area contributed by atoms with Crippen LogP contribution in [-0.2, 0) is 6.42 Å². The van der Waals surface area contributed by atoms with Crippen molar-refractivity contribution in [2.45, 2.75) is 19.4 Å². The van der Waals surface area contributed by atoms with Gasteiger partial charge >= 0.3 is 0 Å². The Bertz CT molecular complexity index is 487. The second-order valence-corrected chi connectivity index (χ2v) is 4.99. The van der Waals surface area contributed by atoms with Gasteiger partial charge in [0.1, 0.15) is 6.33 Å². The molecule has 0 aliphatic heterocycles. The third-order valence-corrected chi connectivity index (χ3v) is 3.23. The summed E-state index contributed by atoms with van der Waals surface area (Å²) in [5.41, 5.74) is 2.32. The topological polar surface area (TPSA) is 37.8 Å². The van der Waals surface area contributed by atoms with Crippen LogP contribution in [0.15, 0.2) is 47.3 Å². The molecule has 3 nitrogen and oxygen atoms in total. The molecule has 1 aromatic carbocycles. The van der Waals surface area contributed by atoms with E-state index in [2.05, 4.69) is 56.3 Å². The summed E-state index contributed by atoms with van der Waals surface area (Å²) in [5.74, 6) is 0. The van der Waals surface area contributed by atoms with Crippen molar-refractivity contribution in [1.29, 1.82) is 0 Å². The summed E-state index contributed by atoms with van der Waals surface area (Å²) in [6, 6.07) is 10.6. The van der Waals surface area contributed by atoms with Crippen LogP contribution in [0.3, 0.4) is 0 Å². The van der Waals surface area contributed by atoms with Crippen LogP contribution in [0.25, 0.3) is 0 Å². The van der Waals surface area contributed by atoms with Gasteiger partial charge in [-0.2, -0.15) is 0 Å². The molecule has 0 aliphatic carbocycles. The molecule has 94 valence electrons. The van der Waals surface area contributed by atoms with Crippen LogP contribution < -0.4 is 5.32 Å². The molecular formula is C14H16BrN3. The summed E-state index contributed by atoms with van der Waals surface area (Å²) in [7, 11) is 0. The number of halogens is 1. The van der Waals surface area contributed by atoms with E-state index in [-0.39, 0.29) is 6.04 Å². The van der Waals surface area contributed by atoms with Crippen molar-refractivity contribution in [3.8, 4) is 0 Å². The zero-order chi connectivity index (χ0) is 12.8. The average Bonchev–Trinajstić information content (AvgIpc) is 2.39. The molecule has 4 heteroatoms. The van der Waals surface area contributed by atoms with Gasteiger partial charge in [0.2, 0.25) is 0 Å². The average molecular weight is 306 g/mol. The van der Waals surface area contributed by atoms with Gasteiger partial charge in [-0.3, -0.25) is 0 Å². The van der Waals surface area contributed by atoms with E-state index >= 15 is 0 Å². The first kappa shape index (κ1) is 13.2. The van der Waals surface area contributed by atoms with Crippen molar-refractivity contribution in [3.05, 3.63) is 58.6 Å². The summed E-state index contributed by atoms with van der Waals surface area (Å²) in [5, 5.41) is 3.46. The zero-order valence-corrected chi connectivity index (χ0v) is 11.9. The van der Waals surface area contributed by atoms with Gasteiger partial charge in [0.25, 0.3) is 0 Å². The molecule has 2 aromatic rings. The Morgan fingerprint density at radius 1 is 1.33 bits per heavy atom. The minimum atomic E-state index is 0.229. The number of nitrogens with one attached hydrogen (secondary N) is 1. The molecule has 1 heterocycles. The quantitative estimate of drug-likeness (QED) is 0.922. The Hall–Kier alpha value is -1.26. The largest absolute Gasteiger partial charge is 0.309 e. The van der Waals surface area contributed by atoms with Crippen LogP contribution in [0.5, 0.6) is 0 Å². The summed E-state index contributed by atoms with van der Waals surface area (Å²) in [6.45, 7) is 3.03. The highest BCUT2D eigenvalue weighted by Gasteiger charge is 2.12. The Morgan fingerprint density at radius 3 is 2.89 bits per heavy atom. The Balaban J connectivity index is 2.16. The van der Waals surface area contributed by atoms with Crippen molar-refractivity contribution < 1.29 is 0 Å². The molecular weight excluding hydrogens is 290 g/mol. The fourth-order valence-corrected chi connectivity index (χ4v) is 2.38. The number of hydrogen-bond acceptors (Lipinski definition) is 3. The van der Waals surface area contributed by atoms with E-state index in [1.165, 1.54) is 5.56 Å². The molecule has 0 bridgehead atoms. The summed E-state index contributed by atoms with van der Waals surface area (Å²) in [6.07, 6.45) is 4.30. The van der Waals surface area contributed by atoms with Gasteiger partial charge in [0.05, 0.1) is 11.7 Å². The highest BCUT2D eigenvalue weighted by Crippen LogP contribution is 2.19.